The number of rotatable bonds is 4. The predicted molar refractivity (Wildman–Crippen MR) is 90.5 cm³/mol. The molecule has 1 saturated heterocycles. The van der Waals surface area contributed by atoms with Gasteiger partial charge in [-0.25, -0.2) is 4.39 Å². The zero-order chi connectivity index (χ0) is 17.1. The molecule has 2 aromatic rings. The summed E-state index contributed by atoms with van der Waals surface area (Å²) in [4.78, 5) is 14.7. The van der Waals surface area contributed by atoms with Crippen molar-refractivity contribution in [2.45, 2.75) is 0 Å². The fraction of sp³-hybridized carbons (Fsp3) is 0.294. The van der Waals surface area contributed by atoms with Gasteiger partial charge in [0, 0.05) is 44.0 Å². The quantitative estimate of drug-likeness (QED) is 0.636. The maximum Gasteiger partial charge on any atom is 0.292 e. The molecule has 3 rings (SSSR count). The maximum absolute atomic E-state index is 13.5. The number of hydrogen-bond donors (Lipinski definition) is 0. The van der Waals surface area contributed by atoms with E-state index in [9.17, 15) is 14.5 Å². The maximum atomic E-state index is 13.5. The van der Waals surface area contributed by atoms with Crippen LogP contribution in [0.5, 0.6) is 5.75 Å². The minimum atomic E-state index is -0.468. The van der Waals surface area contributed by atoms with Crippen molar-refractivity contribution in [2.75, 3.05) is 43.1 Å². The summed E-state index contributed by atoms with van der Waals surface area (Å²) in [5, 5.41) is 11.2. The number of benzene rings is 2. The van der Waals surface area contributed by atoms with Crippen molar-refractivity contribution in [1.29, 1.82) is 0 Å². The highest BCUT2D eigenvalue weighted by Gasteiger charge is 2.24. The van der Waals surface area contributed by atoms with Crippen LogP contribution in [-0.4, -0.2) is 38.2 Å². The van der Waals surface area contributed by atoms with E-state index in [4.69, 9.17) is 4.74 Å². The summed E-state index contributed by atoms with van der Waals surface area (Å²) in [6.45, 7) is 2.60. The topological polar surface area (TPSA) is 58.8 Å². The molecule has 1 aliphatic rings. The molecule has 7 heteroatoms. The monoisotopic (exact) mass is 331 g/mol. The summed E-state index contributed by atoms with van der Waals surface area (Å²) in [5.74, 6) is 0.334. The van der Waals surface area contributed by atoms with Gasteiger partial charge in [-0.1, -0.05) is 0 Å². The van der Waals surface area contributed by atoms with Gasteiger partial charge in [-0.05, 0) is 30.3 Å². The molecule has 1 fully saturated rings. The van der Waals surface area contributed by atoms with Crippen LogP contribution < -0.4 is 14.5 Å². The molecule has 1 aliphatic heterocycles. The standard InChI is InChI=1S/C17H18FN3O3/c1-24-15-5-3-14(4-6-15)19-8-10-20(11-9-19)17-12-13(18)2-7-16(17)21(22)23/h2-7,12H,8-11H2,1H3. The molecule has 0 aliphatic carbocycles. The van der Waals surface area contributed by atoms with Gasteiger partial charge in [-0.2, -0.15) is 0 Å². The second-order valence-corrected chi connectivity index (χ2v) is 5.56. The molecule has 24 heavy (non-hydrogen) atoms. The first-order valence-corrected chi connectivity index (χ1v) is 7.66. The Kier molecular flexibility index (Phi) is 4.50. The lowest BCUT2D eigenvalue weighted by Crippen LogP contribution is -2.46. The Hall–Kier alpha value is -2.83. The van der Waals surface area contributed by atoms with E-state index < -0.39 is 10.7 Å². The van der Waals surface area contributed by atoms with Gasteiger partial charge in [-0.15, -0.1) is 0 Å². The zero-order valence-electron chi connectivity index (χ0n) is 13.3. The molecular formula is C17H18FN3O3. The van der Waals surface area contributed by atoms with Crippen molar-refractivity contribution in [3.05, 3.63) is 58.4 Å². The van der Waals surface area contributed by atoms with E-state index in [1.165, 1.54) is 12.1 Å². The Morgan fingerprint density at radius 3 is 2.25 bits per heavy atom. The Labute approximate surface area is 139 Å². The molecule has 0 spiro atoms. The van der Waals surface area contributed by atoms with Crippen molar-refractivity contribution in [3.63, 3.8) is 0 Å². The third-order valence-electron chi connectivity index (χ3n) is 4.19. The summed E-state index contributed by atoms with van der Waals surface area (Å²) in [6.07, 6.45) is 0. The lowest BCUT2D eigenvalue weighted by atomic mass is 10.2. The number of methoxy groups -OCH3 is 1. The largest absolute Gasteiger partial charge is 0.497 e. The average Bonchev–Trinajstić information content (AvgIpc) is 2.61. The fourth-order valence-electron chi connectivity index (χ4n) is 2.90. The molecule has 6 nitrogen and oxygen atoms in total. The molecule has 0 amide bonds. The number of halogens is 1. The molecular weight excluding hydrogens is 313 g/mol. The molecule has 0 saturated carbocycles. The van der Waals surface area contributed by atoms with Crippen LogP contribution in [0.25, 0.3) is 0 Å². The first kappa shape index (κ1) is 16.0. The lowest BCUT2D eigenvalue weighted by Gasteiger charge is -2.37. The van der Waals surface area contributed by atoms with Crippen molar-refractivity contribution >= 4 is 17.1 Å². The van der Waals surface area contributed by atoms with Crippen LogP contribution in [0, 0.1) is 15.9 Å². The van der Waals surface area contributed by atoms with E-state index in [0.29, 0.717) is 31.9 Å². The average molecular weight is 331 g/mol. The van der Waals surface area contributed by atoms with E-state index in [0.717, 1.165) is 17.5 Å². The van der Waals surface area contributed by atoms with E-state index >= 15 is 0 Å². The highest BCUT2D eigenvalue weighted by atomic mass is 19.1. The van der Waals surface area contributed by atoms with Crippen molar-refractivity contribution < 1.29 is 14.1 Å². The Balaban J connectivity index is 1.73. The van der Waals surface area contributed by atoms with Crippen molar-refractivity contribution in [1.82, 2.24) is 0 Å². The number of piperazine rings is 1. The smallest absolute Gasteiger partial charge is 0.292 e. The number of ether oxygens (including phenoxy) is 1. The minimum Gasteiger partial charge on any atom is -0.497 e. The van der Waals surface area contributed by atoms with Gasteiger partial charge in [0.25, 0.3) is 5.69 Å². The van der Waals surface area contributed by atoms with Gasteiger partial charge in [0.15, 0.2) is 0 Å². The Bertz CT molecular complexity index is 728. The highest BCUT2D eigenvalue weighted by Crippen LogP contribution is 2.30. The van der Waals surface area contributed by atoms with E-state index in [-0.39, 0.29) is 5.69 Å². The van der Waals surface area contributed by atoms with Gasteiger partial charge in [0.1, 0.15) is 17.3 Å². The van der Waals surface area contributed by atoms with Crippen molar-refractivity contribution in [3.8, 4) is 5.75 Å². The third kappa shape index (κ3) is 3.24. The van der Waals surface area contributed by atoms with Crippen LogP contribution in [0.2, 0.25) is 0 Å². The van der Waals surface area contributed by atoms with Crippen LogP contribution >= 0.6 is 0 Å². The van der Waals surface area contributed by atoms with Gasteiger partial charge in [-0.3, -0.25) is 10.1 Å². The Morgan fingerprint density at radius 2 is 1.67 bits per heavy atom. The molecule has 0 N–H and O–H groups in total. The SMILES string of the molecule is COc1ccc(N2CCN(c3cc(F)ccc3[N+](=O)[O-])CC2)cc1. The molecule has 0 aromatic heterocycles. The molecule has 2 aromatic carbocycles. The van der Waals surface area contributed by atoms with Crippen molar-refractivity contribution in [2.24, 2.45) is 0 Å². The molecule has 0 atom stereocenters. The number of nitro benzene ring substituents is 1. The highest BCUT2D eigenvalue weighted by molar-refractivity contribution is 5.64. The van der Waals surface area contributed by atoms with E-state index in [1.54, 1.807) is 7.11 Å². The summed E-state index contributed by atoms with van der Waals surface area (Å²) >= 11 is 0. The number of hydrogen-bond acceptors (Lipinski definition) is 5. The lowest BCUT2D eigenvalue weighted by molar-refractivity contribution is -0.384. The van der Waals surface area contributed by atoms with Crippen LogP contribution in [0.15, 0.2) is 42.5 Å². The fourth-order valence-corrected chi connectivity index (χ4v) is 2.90. The summed E-state index contributed by atoms with van der Waals surface area (Å²) in [7, 11) is 1.62. The second kappa shape index (κ2) is 6.74. The van der Waals surface area contributed by atoms with Gasteiger partial charge in [0.2, 0.25) is 0 Å². The van der Waals surface area contributed by atoms with E-state index in [1.807, 2.05) is 29.2 Å². The van der Waals surface area contributed by atoms with Crippen LogP contribution in [0.1, 0.15) is 0 Å². The Morgan fingerprint density at radius 1 is 1.04 bits per heavy atom. The van der Waals surface area contributed by atoms with Crippen LogP contribution in [-0.2, 0) is 0 Å². The van der Waals surface area contributed by atoms with Crippen LogP contribution in [0.3, 0.4) is 0 Å². The van der Waals surface area contributed by atoms with Gasteiger partial charge in [0.05, 0.1) is 12.0 Å². The van der Waals surface area contributed by atoms with Gasteiger partial charge >= 0.3 is 0 Å². The zero-order valence-corrected chi connectivity index (χ0v) is 13.3. The molecule has 1 heterocycles. The summed E-state index contributed by atoms with van der Waals surface area (Å²) in [6, 6.07) is 11.4. The second-order valence-electron chi connectivity index (χ2n) is 5.56. The first-order chi connectivity index (χ1) is 11.6. The predicted octanol–water partition coefficient (Wildman–Crippen LogP) is 3.07. The minimum absolute atomic E-state index is 0.0608. The number of anilines is 2. The number of nitrogens with zero attached hydrogens (tertiary/aromatic N) is 3. The normalized spacial score (nSPS) is 14.6. The third-order valence-corrected chi connectivity index (χ3v) is 4.19. The molecule has 126 valence electrons. The molecule has 0 bridgehead atoms. The van der Waals surface area contributed by atoms with Gasteiger partial charge < -0.3 is 14.5 Å². The first-order valence-electron chi connectivity index (χ1n) is 7.66. The molecule has 0 unspecified atom stereocenters. The van der Waals surface area contributed by atoms with Crippen LogP contribution in [0.4, 0.5) is 21.5 Å². The molecule has 0 radical (unpaired) electrons. The summed E-state index contributed by atoms with van der Waals surface area (Å²) in [5.41, 5.74) is 1.35. The number of nitro groups is 1. The van der Waals surface area contributed by atoms with E-state index in [2.05, 4.69) is 4.90 Å². The summed E-state index contributed by atoms with van der Waals surface area (Å²) < 4.78 is 18.7.